The molecule has 0 spiro atoms. The molecule has 0 radical (unpaired) electrons. The number of amides is 2. The van der Waals surface area contributed by atoms with Crippen LogP contribution in [0.25, 0.3) is 11.3 Å². The summed E-state index contributed by atoms with van der Waals surface area (Å²) in [5.74, 6) is 0.415. The summed E-state index contributed by atoms with van der Waals surface area (Å²) in [6.07, 6.45) is 2.94. The number of hydrogen-bond acceptors (Lipinski definition) is 7. The predicted octanol–water partition coefficient (Wildman–Crippen LogP) is 6.01. The van der Waals surface area contributed by atoms with Crippen molar-refractivity contribution in [3.63, 3.8) is 0 Å². The summed E-state index contributed by atoms with van der Waals surface area (Å²) in [6, 6.07) is 13.6. The second kappa shape index (κ2) is 14.5. The van der Waals surface area contributed by atoms with Crippen LogP contribution in [0.4, 0.5) is 5.69 Å². The summed E-state index contributed by atoms with van der Waals surface area (Å²) in [5, 5.41) is 6.04. The molecular weight excluding hydrogens is 573 g/mol. The first-order valence-corrected chi connectivity index (χ1v) is 15.5. The third-order valence-electron chi connectivity index (χ3n) is 6.74. The van der Waals surface area contributed by atoms with Gasteiger partial charge in [0.05, 0.1) is 21.5 Å². The van der Waals surface area contributed by atoms with Crippen molar-refractivity contribution in [1.29, 1.82) is 0 Å². The molecule has 0 atom stereocenters. The van der Waals surface area contributed by atoms with Gasteiger partial charge in [-0.05, 0) is 55.6 Å². The fourth-order valence-corrected chi connectivity index (χ4v) is 6.57. The number of benzene rings is 2. The molecule has 1 aromatic heterocycles. The van der Waals surface area contributed by atoms with Gasteiger partial charge in [0.25, 0.3) is 0 Å². The molecule has 0 unspecified atom stereocenters. The zero-order chi connectivity index (χ0) is 27.8. The Balaban J connectivity index is 1.23. The van der Waals surface area contributed by atoms with E-state index >= 15 is 0 Å². The summed E-state index contributed by atoms with van der Waals surface area (Å²) < 4.78 is 0.848. The van der Waals surface area contributed by atoms with Gasteiger partial charge in [-0.25, -0.2) is 4.98 Å². The van der Waals surface area contributed by atoms with Gasteiger partial charge < -0.3 is 16.0 Å². The number of nitrogens with zero attached hydrogens (tertiary/aromatic N) is 3. The van der Waals surface area contributed by atoms with E-state index in [-0.39, 0.29) is 17.9 Å². The first kappa shape index (κ1) is 29.8. The molecule has 0 aliphatic carbocycles. The van der Waals surface area contributed by atoms with Crippen molar-refractivity contribution in [3.8, 4) is 11.3 Å². The van der Waals surface area contributed by atoms with E-state index < -0.39 is 0 Å². The van der Waals surface area contributed by atoms with Gasteiger partial charge >= 0.3 is 0 Å². The minimum Gasteiger partial charge on any atom is -0.342 e. The van der Waals surface area contributed by atoms with Gasteiger partial charge in [-0.1, -0.05) is 53.2 Å². The molecule has 3 aromatic rings. The monoisotopic (exact) mass is 605 g/mol. The van der Waals surface area contributed by atoms with Gasteiger partial charge in [0, 0.05) is 55.8 Å². The molecule has 39 heavy (non-hydrogen) atoms. The molecule has 4 rings (SSSR count). The average Bonchev–Trinajstić information content (AvgIpc) is 3.42. The third-order valence-corrected chi connectivity index (χ3v) is 9.49. The zero-order valence-corrected chi connectivity index (χ0v) is 25.0. The number of carbonyl (C=O) groups excluding carboxylic acids is 2. The Morgan fingerprint density at radius 3 is 2.72 bits per heavy atom. The van der Waals surface area contributed by atoms with Crippen molar-refractivity contribution in [3.05, 3.63) is 63.5 Å². The maximum Gasteiger partial charge on any atom is 0.233 e. The smallest absolute Gasteiger partial charge is 0.233 e. The van der Waals surface area contributed by atoms with E-state index in [0.717, 1.165) is 59.3 Å². The zero-order valence-electron chi connectivity index (χ0n) is 21.9. The van der Waals surface area contributed by atoms with Crippen molar-refractivity contribution < 1.29 is 9.59 Å². The first-order valence-electron chi connectivity index (χ1n) is 12.9. The number of carbonyl (C=O) groups is 2. The van der Waals surface area contributed by atoms with Gasteiger partial charge in [0.2, 0.25) is 11.8 Å². The molecule has 7 nitrogen and oxygen atoms in total. The molecule has 3 N–H and O–H groups in total. The maximum atomic E-state index is 12.9. The highest BCUT2D eigenvalue weighted by Crippen LogP contribution is 2.30. The summed E-state index contributed by atoms with van der Waals surface area (Å²) in [7, 11) is 1.91. The molecule has 0 bridgehead atoms. The van der Waals surface area contributed by atoms with Crippen LogP contribution in [0.3, 0.4) is 0 Å². The molecule has 11 heteroatoms. The van der Waals surface area contributed by atoms with Gasteiger partial charge in [0.1, 0.15) is 0 Å². The Morgan fingerprint density at radius 2 is 1.97 bits per heavy atom. The van der Waals surface area contributed by atoms with E-state index in [0.29, 0.717) is 35.2 Å². The van der Waals surface area contributed by atoms with Crippen LogP contribution in [0.5, 0.6) is 0 Å². The van der Waals surface area contributed by atoms with Crippen LogP contribution < -0.4 is 11.1 Å². The Kier molecular flexibility index (Phi) is 11.1. The number of piperidine rings is 1. The van der Waals surface area contributed by atoms with Crippen LogP contribution in [0.2, 0.25) is 10.0 Å². The van der Waals surface area contributed by atoms with Crippen molar-refractivity contribution in [2.24, 2.45) is 5.73 Å². The van der Waals surface area contributed by atoms with Gasteiger partial charge in [-0.15, -0.1) is 11.3 Å². The van der Waals surface area contributed by atoms with Gasteiger partial charge in [-0.3, -0.25) is 14.5 Å². The summed E-state index contributed by atoms with van der Waals surface area (Å²) in [6.45, 7) is 3.18. The van der Waals surface area contributed by atoms with E-state index in [2.05, 4.69) is 10.2 Å². The number of anilines is 1. The highest BCUT2D eigenvalue weighted by Gasteiger charge is 2.25. The Bertz CT molecular complexity index is 1280. The standard InChI is InChI=1S/C28H33Cl2N5O2S2/c1-34(22-9-12-35(13-10-22)16-19-7-8-23(29)24(30)14-19)27(37)18-39-28-33-25(17-38-28)20-4-2-5-21(15-20)32-26(36)6-3-11-31/h2,4-5,7-8,14-15,17,22H,3,6,9-13,16,18,31H2,1H3,(H,32,36). The summed E-state index contributed by atoms with van der Waals surface area (Å²) in [4.78, 5) is 34.0. The molecular formula is C28H33Cl2N5O2S2. The number of nitrogens with two attached hydrogens (primary N) is 1. The lowest BCUT2D eigenvalue weighted by Crippen LogP contribution is -2.45. The van der Waals surface area contributed by atoms with Crippen LogP contribution in [0, 0.1) is 0 Å². The molecule has 2 heterocycles. The molecule has 2 amide bonds. The number of thioether (sulfide) groups is 1. The minimum absolute atomic E-state index is 0.0492. The summed E-state index contributed by atoms with van der Waals surface area (Å²) >= 11 is 15.2. The fourth-order valence-electron chi connectivity index (χ4n) is 4.49. The van der Waals surface area contributed by atoms with Crippen LogP contribution in [-0.2, 0) is 16.1 Å². The minimum atomic E-state index is -0.0492. The largest absolute Gasteiger partial charge is 0.342 e. The molecule has 208 valence electrons. The lowest BCUT2D eigenvalue weighted by molar-refractivity contribution is -0.130. The van der Waals surface area contributed by atoms with Gasteiger partial charge in [0.15, 0.2) is 4.34 Å². The Hall–Kier alpha value is -2.14. The third kappa shape index (κ3) is 8.67. The fraction of sp³-hybridized carbons (Fsp3) is 0.393. The highest BCUT2D eigenvalue weighted by molar-refractivity contribution is 8.01. The molecule has 1 aliphatic heterocycles. The van der Waals surface area contributed by atoms with Crippen LogP contribution in [0.15, 0.2) is 52.2 Å². The van der Waals surface area contributed by atoms with Crippen LogP contribution >= 0.6 is 46.3 Å². The lowest BCUT2D eigenvalue weighted by atomic mass is 10.0. The predicted molar refractivity (Wildman–Crippen MR) is 163 cm³/mol. The van der Waals surface area contributed by atoms with E-state index in [1.165, 1.54) is 23.1 Å². The van der Waals surface area contributed by atoms with Crippen LogP contribution in [0.1, 0.15) is 31.2 Å². The highest BCUT2D eigenvalue weighted by atomic mass is 35.5. The van der Waals surface area contributed by atoms with E-state index in [1.54, 1.807) is 0 Å². The number of likely N-dealkylation sites (tertiary alicyclic amines) is 1. The quantitative estimate of drug-likeness (QED) is 0.260. The van der Waals surface area contributed by atoms with Crippen molar-refractivity contribution >= 4 is 63.8 Å². The number of nitrogens with one attached hydrogen (secondary N) is 1. The number of thiazole rings is 1. The number of hydrogen-bond donors (Lipinski definition) is 2. The molecule has 1 aliphatic rings. The average molecular weight is 607 g/mol. The lowest BCUT2D eigenvalue weighted by Gasteiger charge is -2.36. The normalized spacial score (nSPS) is 14.4. The number of halogens is 2. The molecule has 1 fully saturated rings. The molecule has 2 aromatic carbocycles. The number of rotatable bonds is 11. The van der Waals surface area contributed by atoms with Crippen molar-refractivity contribution in [2.75, 3.05) is 37.8 Å². The Labute approximate surface area is 248 Å². The first-order chi connectivity index (χ1) is 18.8. The second-order valence-corrected chi connectivity index (χ2v) is 12.5. The number of aromatic nitrogens is 1. The molecule has 0 saturated carbocycles. The van der Waals surface area contributed by atoms with E-state index in [4.69, 9.17) is 33.9 Å². The van der Waals surface area contributed by atoms with Crippen LogP contribution in [-0.4, -0.2) is 65.1 Å². The maximum absolute atomic E-state index is 12.9. The summed E-state index contributed by atoms with van der Waals surface area (Å²) in [5.41, 5.74) is 9.11. The van der Waals surface area contributed by atoms with E-state index in [9.17, 15) is 9.59 Å². The van der Waals surface area contributed by atoms with E-state index in [1.807, 2.05) is 59.8 Å². The van der Waals surface area contributed by atoms with Gasteiger partial charge in [-0.2, -0.15) is 0 Å². The van der Waals surface area contributed by atoms with Crippen molar-refractivity contribution in [2.45, 2.75) is 42.6 Å². The second-order valence-electron chi connectivity index (χ2n) is 9.57. The Morgan fingerprint density at radius 1 is 1.18 bits per heavy atom. The SMILES string of the molecule is CN(C(=O)CSc1nc(-c2cccc(NC(=O)CCCN)c2)cs1)C1CCN(Cc2ccc(Cl)c(Cl)c2)CC1. The topological polar surface area (TPSA) is 91.6 Å². The molecule has 1 saturated heterocycles. The van der Waals surface area contributed by atoms with Crippen molar-refractivity contribution in [1.82, 2.24) is 14.8 Å².